The molecule has 0 amide bonds. The van der Waals surface area contributed by atoms with Crippen LogP contribution in [0.15, 0.2) is 194 Å². The van der Waals surface area contributed by atoms with Crippen LogP contribution >= 0.6 is 0 Å². The molecule has 12 nitrogen and oxygen atoms in total. The summed E-state index contributed by atoms with van der Waals surface area (Å²) in [5.41, 5.74) is 48.6. The van der Waals surface area contributed by atoms with Gasteiger partial charge in [-0.2, -0.15) is 0 Å². The number of aromatic hydroxyl groups is 4. The molecule has 0 aromatic heterocycles. The molecule has 0 radical (unpaired) electrons. The standard InChI is InChI=1S/C72H86O6.C64H74O6/c1-41-37-63(45(5)49(9)69(41)73)67(65-39-43(3)71(51(11)47(65)7)77-53(13)75-61-21-17-15-18-22-61)59-33-29-57(30-34-59)55-25-27-56(28-26-55)58-31-35-60(36-32-58)68(64-38-42(2)70(74)50(10)46(64)6)66-40-44(4)72(52(12)48(66)8)78-54(14)76-62-23-19-16-20-24-62;1-17-67-47(15)69-63-37(5)33-57(41(9)45(63)13)59(55-31-35(3)61(65)43(11)39(55)7)53-27-23-51(24-28-53)49-19-21-50(22-20-49)52-25-29-54(30-26-52)60(56-32-36(4)62(66)44(12)40(56)8)58-34-38(6)64(46(14)42(58)10)70-48(16)68-18-2/h25-40,53-54,61-62,67-68,73-74H,15-24H2,1-14H3;19-34,47-48,59-60,65-66H,17-18H2,1-16H3. The summed E-state index contributed by atoms with van der Waals surface area (Å²) in [5, 5.41) is 44.1. The lowest BCUT2D eigenvalue weighted by Gasteiger charge is -2.29. The van der Waals surface area contributed by atoms with Gasteiger partial charge in [0.2, 0.25) is 0 Å². The molecular formula is C136H160O12. The number of ether oxygens (including phenoxy) is 8. The molecule has 0 saturated heterocycles. The van der Waals surface area contributed by atoms with Crippen LogP contribution in [0.4, 0.5) is 0 Å². The van der Waals surface area contributed by atoms with Gasteiger partial charge in [-0.25, -0.2) is 0 Å². The third-order valence-electron chi connectivity index (χ3n) is 33.0. The molecule has 14 aromatic rings. The molecule has 8 unspecified atom stereocenters. The van der Waals surface area contributed by atoms with Crippen molar-refractivity contribution in [3.8, 4) is 90.5 Å². The molecule has 0 spiro atoms. The fraction of sp³-hybridized carbons (Fsp3) is 0.382. The van der Waals surface area contributed by atoms with Gasteiger partial charge < -0.3 is 58.3 Å². The van der Waals surface area contributed by atoms with Gasteiger partial charge in [0.25, 0.3) is 0 Å². The Balaban J connectivity index is 0.000000223. The molecule has 0 heterocycles. The Hall–Kier alpha value is -12.7. The van der Waals surface area contributed by atoms with Gasteiger partial charge in [-0.15, -0.1) is 0 Å². The Morgan fingerprint density at radius 2 is 0.372 bits per heavy atom. The van der Waals surface area contributed by atoms with Crippen molar-refractivity contribution in [2.24, 2.45) is 0 Å². The Labute approximate surface area is 883 Å². The topological polar surface area (TPSA) is 155 Å². The number of hydrogen-bond acceptors (Lipinski definition) is 12. The maximum atomic E-state index is 11.1. The average Bonchev–Trinajstić information content (AvgIpc) is 0.765. The van der Waals surface area contributed by atoms with Crippen LogP contribution in [0, 0.1) is 166 Å². The minimum Gasteiger partial charge on any atom is -0.507 e. The predicted molar refractivity (Wildman–Crippen MR) is 610 cm³/mol. The predicted octanol–water partition coefficient (Wildman–Crippen LogP) is 34.7. The summed E-state index contributed by atoms with van der Waals surface area (Å²) in [6.45, 7) is 63.6. The van der Waals surface area contributed by atoms with E-state index in [-0.39, 0.29) is 61.0 Å². The molecule has 4 N–H and O–H groups in total. The van der Waals surface area contributed by atoms with E-state index in [9.17, 15) is 20.4 Å². The molecule has 776 valence electrons. The van der Waals surface area contributed by atoms with Crippen molar-refractivity contribution in [1.82, 2.24) is 0 Å². The Kier molecular flexibility index (Phi) is 34.8. The molecule has 8 atom stereocenters. The lowest BCUT2D eigenvalue weighted by molar-refractivity contribution is -0.117. The largest absolute Gasteiger partial charge is 0.507 e. The number of benzene rings is 14. The van der Waals surface area contributed by atoms with Crippen molar-refractivity contribution in [3.63, 3.8) is 0 Å². The molecule has 16 rings (SSSR count). The second kappa shape index (κ2) is 47.0. The molecule has 2 aliphatic carbocycles. The lowest BCUT2D eigenvalue weighted by Crippen LogP contribution is -2.26. The monoisotopic (exact) mass is 1990 g/mol. The van der Waals surface area contributed by atoms with Crippen molar-refractivity contribution in [2.45, 2.75) is 333 Å². The van der Waals surface area contributed by atoms with Crippen LogP contribution in [0.3, 0.4) is 0 Å². The minimum absolute atomic E-state index is 0.0692. The van der Waals surface area contributed by atoms with Gasteiger partial charge in [0, 0.05) is 36.9 Å². The third kappa shape index (κ3) is 23.2. The van der Waals surface area contributed by atoms with E-state index in [0.29, 0.717) is 36.2 Å². The van der Waals surface area contributed by atoms with Crippen LogP contribution in [-0.4, -0.2) is 71.0 Å². The molecule has 148 heavy (non-hydrogen) atoms. The van der Waals surface area contributed by atoms with Crippen LogP contribution in [0.2, 0.25) is 0 Å². The first-order valence-corrected chi connectivity index (χ1v) is 54.0. The van der Waals surface area contributed by atoms with Gasteiger partial charge >= 0.3 is 0 Å². The van der Waals surface area contributed by atoms with Crippen LogP contribution < -0.4 is 18.9 Å². The summed E-state index contributed by atoms with van der Waals surface area (Å²) in [6, 6.07) is 71.7. The summed E-state index contributed by atoms with van der Waals surface area (Å²) < 4.78 is 50.3. The molecular weight excluding hydrogens is 1830 g/mol. The first kappa shape index (κ1) is 109. The van der Waals surface area contributed by atoms with Gasteiger partial charge in [0.15, 0.2) is 25.2 Å². The van der Waals surface area contributed by atoms with E-state index >= 15 is 0 Å². The van der Waals surface area contributed by atoms with E-state index in [4.69, 9.17) is 37.9 Å². The number of rotatable bonds is 32. The molecule has 14 aromatic carbocycles. The minimum atomic E-state index is -0.353. The zero-order valence-corrected chi connectivity index (χ0v) is 93.8. The van der Waals surface area contributed by atoms with Crippen molar-refractivity contribution >= 4 is 0 Å². The lowest BCUT2D eigenvalue weighted by atomic mass is 9.78. The summed E-state index contributed by atoms with van der Waals surface area (Å²) in [4.78, 5) is 0. The van der Waals surface area contributed by atoms with E-state index in [0.717, 1.165) is 204 Å². The van der Waals surface area contributed by atoms with Crippen LogP contribution in [0.1, 0.15) is 330 Å². The quantitative estimate of drug-likeness (QED) is 0.0234. The highest BCUT2D eigenvalue weighted by Gasteiger charge is 2.34. The Morgan fingerprint density at radius 3 is 0.554 bits per heavy atom. The van der Waals surface area contributed by atoms with Gasteiger partial charge in [-0.3, -0.25) is 0 Å². The Morgan fingerprint density at radius 1 is 0.209 bits per heavy atom. The van der Waals surface area contributed by atoms with Crippen molar-refractivity contribution in [1.29, 1.82) is 0 Å². The molecule has 12 heteroatoms. The van der Waals surface area contributed by atoms with Gasteiger partial charge in [0.1, 0.15) is 46.0 Å². The number of phenolic OH excluding ortho intramolecular Hbond substituents is 4. The van der Waals surface area contributed by atoms with Crippen LogP contribution in [-0.2, 0) is 18.9 Å². The molecule has 2 fully saturated rings. The zero-order valence-electron chi connectivity index (χ0n) is 93.8. The zero-order chi connectivity index (χ0) is 107. The van der Waals surface area contributed by atoms with Crippen LogP contribution in [0.25, 0.3) is 44.5 Å². The highest BCUT2D eigenvalue weighted by Crippen LogP contribution is 2.51. The second-order valence-corrected chi connectivity index (χ2v) is 42.8. The number of phenols is 4. The van der Waals surface area contributed by atoms with E-state index in [2.05, 4.69) is 305 Å². The van der Waals surface area contributed by atoms with E-state index in [1.54, 1.807) is 0 Å². The smallest absolute Gasteiger partial charge is 0.197 e. The Bertz CT molecular complexity index is 6700. The number of hydrogen-bond donors (Lipinski definition) is 4. The average molecular weight is 1990 g/mol. The maximum Gasteiger partial charge on any atom is 0.197 e. The highest BCUT2D eigenvalue weighted by molar-refractivity contribution is 5.75. The fourth-order valence-electron chi connectivity index (χ4n) is 23.4. The molecule has 2 aliphatic rings. The van der Waals surface area contributed by atoms with Crippen molar-refractivity contribution in [3.05, 3.63) is 394 Å². The van der Waals surface area contributed by atoms with Crippen molar-refractivity contribution < 1.29 is 58.3 Å². The van der Waals surface area contributed by atoms with E-state index in [1.807, 2.05) is 96.9 Å². The molecule has 2 saturated carbocycles. The summed E-state index contributed by atoms with van der Waals surface area (Å²) in [7, 11) is 0. The maximum absolute atomic E-state index is 11.1. The molecule has 0 bridgehead atoms. The third-order valence-corrected chi connectivity index (χ3v) is 33.0. The molecule has 0 aliphatic heterocycles. The van der Waals surface area contributed by atoms with E-state index in [1.165, 1.54) is 128 Å². The first-order chi connectivity index (χ1) is 70.6. The number of aryl methyl sites for hydroxylation is 8. The first-order valence-electron chi connectivity index (χ1n) is 54.0. The summed E-state index contributed by atoms with van der Waals surface area (Å²) in [6.07, 6.45) is 11.0. The second-order valence-electron chi connectivity index (χ2n) is 42.8. The van der Waals surface area contributed by atoms with Crippen molar-refractivity contribution in [2.75, 3.05) is 13.2 Å². The highest BCUT2D eigenvalue weighted by atomic mass is 16.7. The van der Waals surface area contributed by atoms with Gasteiger partial charge in [-0.1, -0.05) is 233 Å². The van der Waals surface area contributed by atoms with Gasteiger partial charge in [0.05, 0.1) is 12.2 Å². The SMILES string of the molecule is CCOC(C)Oc1c(C)cc(C(c2ccc(-c3ccc(-c4ccc(C(c5cc(C)c(O)c(C)c5C)c5cc(C)c(OC(C)OCC)c(C)c5C)cc4)cc3)cc2)c2cc(C)c(O)c(C)c2C)c(C)c1C.Cc1cc(C(c2ccc(-c3ccc(-c4ccc(C(c5cc(C)c(O)c(C)c5C)c5cc(C)c(OC(C)OC6CCCCC6)c(C)c5C)cc4)cc3)cc2)c2cc(C)c(OC(C)OC3CCCCC3)c(C)c2C)c(C)c(C)c1O. The van der Waals surface area contributed by atoms with Gasteiger partial charge in [-0.05, 0) is 478 Å². The normalized spacial score (nSPS) is 14.7. The summed E-state index contributed by atoms with van der Waals surface area (Å²) >= 11 is 0. The van der Waals surface area contributed by atoms with Crippen LogP contribution in [0.5, 0.6) is 46.0 Å². The summed E-state index contributed by atoms with van der Waals surface area (Å²) in [5.74, 6) is 4.69. The van der Waals surface area contributed by atoms with E-state index < -0.39 is 0 Å². The fourth-order valence-corrected chi connectivity index (χ4v) is 23.4.